The number of rotatable bonds is 6. The number of para-hydroxylation sites is 1. The number of benzene rings is 3. The molecule has 1 N–H and O–H groups in total. The molecule has 1 saturated heterocycles. The van der Waals surface area contributed by atoms with Crippen molar-refractivity contribution in [3.63, 3.8) is 0 Å². The quantitative estimate of drug-likeness (QED) is 0.277. The SMILES string of the molecule is COc1ccccc1-c1nn2c(-c3cccc(C#N)c3)cc(N3CCCC3CO)nc2c1-c1ccc(Cl)cc1. The number of fused-ring (bicyclic) bond motifs is 1. The maximum absolute atomic E-state index is 10.1. The lowest BCUT2D eigenvalue weighted by Gasteiger charge is -2.25. The van der Waals surface area contributed by atoms with Crippen LogP contribution in [0.2, 0.25) is 5.02 Å². The molecular formula is C31H26ClN5O2. The smallest absolute Gasteiger partial charge is 0.166 e. The van der Waals surface area contributed by atoms with E-state index in [4.69, 9.17) is 26.4 Å². The Balaban J connectivity index is 1.71. The van der Waals surface area contributed by atoms with Gasteiger partial charge in [0.15, 0.2) is 5.65 Å². The lowest BCUT2D eigenvalue weighted by atomic mass is 10.0. The fourth-order valence-corrected chi connectivity index (χ4v) is 5.47. The van der Waals surface area contributed by atoms with E-state index < -0.39 is 0 Å². The molecule has 6 rings (SSSR count). The summed E-state index contributed by atoms with van der Waals surface area (Å²) in [5, 5.41) is 25.4. The van der Waals surface area contributed by atoms with Gasteiger partial charge in [-0.15, -0.1) is 0 Å². The fourth-order valence-electron chi connectivity index (χ4n) is 5.34. The van der Waals surface area contributed by atoms with Gasteiger partial charge in [-0.25, -0.2) is 9.50 Å². The Labute approximate surface area is 231 Å². The molecule has 39 heavy (non-hydrogen) atoms. The Morgan fingerprint density at radius 1 is 1.05 bits per heavy atom. The van der Waals surface area contributed by atoms with Gasteiger partial charge in [-0.05, 0) is 54.8 Å². The third kappa shape index (κ3) is 4.48. The molecule has 0 spiro atoms. The summed E-state index contributed by atoms with van der Waals surface area (Å²) < 4.78 is 7.56. The zero-order valence-corrected chi connectivity index (χ0v) is 22.1. The van der Waals surface area contributed by atoms with Crippen LogP contribution in [0.4, 0.5) is 5.82 Å². The van der Waals surface area contributed by atoms with Gasteiger partial charge in [0.05, 0.1) is 42.6 Å². The van der Waals surface area contributed by atoms with E-state index in [1.54, 1.807) is 13.2 Å². The number of aliphatic hydroxyl groups excluding tert-OH is 1. The topological polar surface area (TPSA) is 86.7 Å². The van der Waals surface area contributed by atoms with Crippen LogP contribution in [0.5, 0.6) is 5.75 Å². The second kappa shape index (κ2) is 10.4. The molecule has 0 aliphatic carbocycles. The van der Waals surface area contributed by atoms with Crippen molar-refractivity contribution in [2.75, 3.05) is 25.2 Å². The van der Waals surface area contributed by atoms with Crippen LogP contribution in [0.1, 0.15) is 18.4 Å². The number of anilines is 1. The Hall–Kier alpha value is -4.38. The highest BCUT2D eigenvalue weighted by atomic mass is 35.5. The standard InChI is InChI=1S/C31H26ClN5O2/c1-39-27-10-3-2-9-25(27)30-29(21-11-13-23(32)14-12-21)31-34-28(36-15-5-8-24(36)19-38)17-26(37(31)35-30)22-7-4-6-20(16-22)18-33/h2-4,6-7,9-14,16-17,24,38H,5,8,15,19H2,1H3. The zero-order chi connectivity index (χ0) is 26.9. The summed E-state index contributed by atoms with van der Waals surface area (Å²) in [4.78, 5) is 7.33. The minimum absolute atomic E-state index is 0.00571. The molecule has 1 unspecified atom stereocenters. The Morgan fingerprint density at radius 3 is 2.64 bits per heavy atom. The van der Waals surface area contributed by atoms with Crippen molar-refractivity contribution in [3.8, 4) is 45.5 Å². The normalized spacial score (nSPS) is 15.0. The molecule has 0 saturated carbocycles. The summed E-state index contributed by atoms with van der Waals surface area (Å²) in [6.07, 6.45) is 1.88. The predicted octanol–water partition coefficient (Wildman–Crippen LogP) is 6.23. The van der Waals surface area contributed by atoms with E-state index in [2.05, 4.69) is 11.0 Å². The van der Waals surface area contributed by atoms with Gasteiger partial charge in [0, 0.05) is 28.8 Å². The molecule has 1 atom stereocenters. The van der Waals surface area contributed by atoms with Crippen molar-refractivity contribution in [3.05, 3.63) is 89.4 Å². The maximum atomic E-state index is 10.1. The average Bonchev–Trinajstić information content (AvgIpc) is 3.62. The third-order valence-corrected chi connectivity index (χ3v) is 7.49. The number of methoxy groups -OCH3 is 1. The molecule has 3 aromatic carbocycles. The van der Waals surface area contributed by atoms with Crippen LogP contribution >= 0.6 is 11.6 Å². The lowest BCUT2D eigenvalue weighted by molar-refractivity contribution is 0.266. The van der Waals surface area contributed by atoms with Crippen LogP contribution in [-0.4, -0.2) is 46.0 Å². The summed E-state index contributed by atoms with van der Waals surface area (Å²) in [6.45, 7) is 0.859. The van der Waals surface area contributed by atoms with Gasteiger partial charge in [0.25, 0.3) is 0 Å². The fraction of sp³-hybridized carbons (Fsp3) is 0.194. The van der Waals surface area contributed by atoms with E-state index in [0.717, 1.165) is 58.8 Å². The molecule has 194 valence electrons. The van der Waals surface area contributed by atoms with Gasteiger partial charge >= 0.3 is 0 Å². The molecule has 1 aliphatic rings. The number of halogens is 1. The number of nitrogens with zero attached hydrogens (tertiary/aromatic N) is 5. The van der Waals surface area contributed by atoms with Gasteiger partial charge in [-0.1, -0.05) is 48.0 Å². The van der Waals surface area contributed by atoms with E-state index in [1.807, 2.05) is 77.3 Å². The lowest BCUT2D eigenvalue weighted by Crippen LogP contribution is -2.32. The monoisotopic (exact) mass is 535 g/mol. The second-order valence-electron chi connectivity index (χ2n) is 9.53. The van der Waals surface area contributed by atoms with E-state index in [0.29, 0.717) is 22.0 Å². The van der Waals surface area contributed by atoms with Crippen LogP contribution in [0.15, 0.2) is 78.9 Å². The summed E-state index contributed by atoms with van der Waals surface area (Å²) >= 11 is 6.26. The summed E-state index contributed by atoms with van der Waals surface area (Å²) in [6, 6.07) is 27.2. The number of ether oxygens (including phenoxy) is 1. The van der Waals surface area contributed by atoms with E-state index in [1.165, 1.54) is 0 Å². The van der Waals surface area contributed by atoms with E-state index in [9.17, 15) is 10.4 Å². The molecule has 8 heteroatoms. The van der Waals surface area contributed by atoms with Crippen LogP contribution in [-0.2, 0) is 0 Å². The summed E-state index contributed by atoms with van der Waals surface area (Å²) in [7, 11) is 1.65. The van der Waals surface area contributed by atoms with Crippen molar-refractivity contribution >= 4 is 23.1 Å². The molecular weight excluding hydrogens is 510 g/mol. The number of nitriles is 1. The van der Waals surface area contributed by atoms with Crippen molar-refractivity contribution < 1.29 is 9.84 Å². The van der Waals surface area contributed by atoms with Crippen molar-refractivity contribution in [1.82, 2.24) is 14.6 Å². The first-order valence-electron chi connectivity index (χ1n) is 12.8. The van der Waals surface area contributed by atoms with Crippen molar-refractivity contribution in [1.29, 1.82) is 5.26 Å². The highest BCUT2D eigenvalue weighted by molar-refractivity contribution is 6.30. The number of aliphatic hydroxyl groups is 1. The third-order valence-electron chi connectivity index (χ3n) is 7.24. The zero-order valence-electron chi connectivity index (χ0n) is 21.4. The molecule has 1 aliphatic heterocycles. The van der Waals surface area contributed by atoms with Crippen LogP contribution < -0.4 is 9.64 Å². The average molecular weight is 536 g/mol. The van der Waals surface area contributed by atoms with Gasteiger partial charge in [-0.2, -0.15) is 10.4 Å². The predicted molar refractivity (Wildman–Crippen MR) is 153 cm³/mol. The van der Waals surface area contributed by atoms with Crippen molar-refractivity contribution in [2.45, 2.75) is 18.9 Å². The number of hydrogen-bond acceptors (Lipinski definition) is 6. The van der Waals surface area contributed by atoms with Gasteiger partial charge in [0.2, 0.25) is 0 Å². The minimum atomic E-state index is -0.00571. The Morgan fingerprint density at radius 2 is 1.87 bits per heavy atom. The first kappa shape index (κ1) is 24.9. The van der Waals surface area contributed by atoms with E-state index in [-0.39, 0.29) is 12.6 Å². The maximum Gasteiger partial charge on any atom is 0.166 e. The van der Waals surface area contributed by atoms with E-state index >= 15 is 0 Å². The molecule has 0 radical (unpaired) electrons. The molecule has 0 bridgehead atoms. The molecule has 5 aromatic rings. The van der Waals surface area contributed by atoms with Crippen LogP contribution in [0.3, 0.4) is 0 Å². The molecule has 7 nitrogen and oxygen atoms in total. The molecule has 3 heterocycles. The van der Waals surface area contributed by atoms with Crippen LogP contribution in [0, 0.1) is 11.3 Å². The second-order valence-corrected chi connectivity index (χ2v) is 9.97. The largest absolute Gasteiger partial charge is 0.496 e. The first-order chi connectivity index (χ1) is 19.1. The number of hydrogen-bond donors (Lipinski definition) is 1. The Bertz CT molecular complexity index is 1710. The van der Waals surface area contributed by atoms with Crippen molar-refractivity contribution in [2.24, 2.45) is 0 Å². The van der Waals surface area contributed by atoms with Gasteiger partial charge in [0.1, 0.15) is 17.3 Å². The first-order valence-corrected chi connectivity index (χ1v) is 13.2. The Kier molecular flexibility index (Phi) is 6.65. The molecule has 2 aromatic heterocycles. The highest BCUT2D eigenvalue weighted by Gasteiger charge is 2.28. The van der Waals surface area contributed by atoms with Gasteiger partial charge in [-0.3, -0.25) is 0 Å². The van der Waals surface area contributed by atoms with Crippen LogP contribution in [0.25, 0.3) is 39.3 Å². The summed E-state index contributed by atoms with van der Waals surface area (Å²) in [5.41, 5.74) is 6.18. The minimum Gasteiger partial charge on any atom is -0.496 e. The summed E-state index contributed by atoms with van der Waals surface area (Å²) in [5.74, 6) is 1.46. The highest BCUT2D eigenvalue weighted by Crippen LogP contribution is 2.41. The number of aromatic nitrogens is 3. The molecule has 0 amide bonds. The van der Waals surface area contributed by atoms with Gasteiger partial charge < -0.3 is 14.7 Å². The molecule has 1 fully saturated rings.